The number of nitrogens with one attached hydrogen (secondary N) is 1. The third-order valence-corrected chi connectivity index (χ3v) is 5.98. The fourth-order valence-electron chi connectivity index (χ4n) is 3.31. The zero-order chi connectivity index (χ0) is 16.1. The first kappa shape index (κ1) is 19.4. The second-order valence-electron chi connectivity index (χ2n) is 6.85. The summed E-state index contributed by atoms with van der Waals surface area (Å²) in [5, 5.41) is 0.461. The smallest absolute Gasteiger partial charge is 0.0859 e. The largest absolute Gasteiger partial charge is 1.00 e. The number of halogens is 1. The third kappa shape index (κ3) is 5.02. The van der Waals surface area contributed by atoms with Crippen LogP contribution in [-0.4, -0.2) is 26.4 Å². The van der Waals surface area contributed by atoms with Crippen molar-refractivity contribution in [2.45, 2.75) is 30.9 Å². The van der Waals surface area contributed by atoms with Gasteiger partial charge in [0.15, 0.2) is 0 Å². The number of thioether (sulfide) groups is 1. The first-order valence-corrected chi connectivity index (χ1v) is 9.86. The minimum Gasteiger partial charge on any atom is -1.00 e. The molecule has 0 fully saturated rings. The van der Waals surface area contributed by atoms with Gasteiger partial charge in [-0.15, -0.1) is 11.8 Å². The second-order valence-corrected chi connectivity index (χ2v) is 8.07. The Kier molecular flexibility index (Phi) is 7.67. The zero-order valence-corrected chi connectivity index (χ0v) is 16.3. The Morgan fingerprint density at radius 3 is 2.33 bits per heavy atom. The summed E-state index contributed by atoms with van der Waals surface area (Å²) in [5.41, 5.74) is 6.08. The highest BCUT2D eigenvalue weighted by Crippen LogP contribution is 2.37. The van der Waals surface area contributed by atoms with Gasteiger partial charge in [-0.05, 0) is 47.9 Å². The van der Waals surface area contributed by atoms with E-state index in [1.54, 1.807) is 11.1 Å². The molecule has 0 aliphatic heterocycles. The summed E-state index contributed by atoms with van der Waals surface area (Å²) in [6.45, 7) is 1.21. The minimum absolute atomic E-state index is 0. The zero-order valence-electron chi connectivity index (χ0n) is 14.7. The van der Waals surface area contributed by atoms with Crippen LogP contribution in [0.5, 0.6) is 0 Å². The average molecular weight is 362 g/mol. The van der Waals surface area contributed by atoms with Gasteiger partial charge < -0.3 is 17.3 Å². The molecule has 3 heteroatoms. The van der Waals surface area contributed by atoms with E-state index in [4.69, 9.17) is 0 Å². The van der Waals surface area contributed by atoms with Crippen LogP contribution in [0.3, 0.4) is 0 Å². The summed E-state index contributed by atoms with van der Waals surface area (Å²) in [4.78, 5) is 1.52. The van der Waals surface area contributed by atoms with Gasteiger partial charge in [-0.1, -0.05) is 48.5 Å². The van der Waals surface area contributed by atoms with Gasteiger partial charge in [-0.25, -0.2) is 0 Å². The van der Waals surface area contributed by atoms with Gasteiger partial charge in [0, 0.05) is 5.75 Å². The monoisotopic (exact) mass is 361 g/mol. The van der Waals surface area contributed by atoms with E-state index in [1.165, 1.54) is 54.0 Å². The summed E-state index contributed by atoms with van der Waals surface area (Å²) < 4.78 is 0. The lowest BCUT2D eigenvalue weighted by molar-refractivity contribution is -0.855. The van der Waals surface area contributed by atoms with E-state index in [9.17, 15) is 0 Å². The van der Waals surface area contributed by atoms with Crippen LogP contribution < -0.4 is 17.3 Å². The van der Waals surface area contributed by atoms with Gasteiger partial charge in [0.25, 0.3) is 0 Å². The van der Waals surface area contributed by atoms with Crippen LogP contribution in [0.4, 0.5) is 0 Å². The Hall–Kier alpha value is -0.960. The van der Waals surface area contributed by atoms with E-state index < -0.39 is 0 Å². The van der Waals surface area contributed by atoms with Crippen molar-refractivity contribution in [2.75, 3.05) is 26.4 Å². The highest BCUT2D eigenvalue weighted by Gasteiger charge is 2.18. The van der Waals surface area contributed by atoms with Crippen LogP contribution in [0.15, 0.2) is 48.5 Å². The molecule has 1 N–H and O–H groups in total. The molecule has 2 aromatic carbocycles. The summed E-state index contributed by atoms with van der Waals surface area (Å²) in [6, 6.07) is 18.2. The topological polar surface area (TPSA) is 4.44 Å². The average Bonchev–Trinajstić information content (AvgIpc) is 2.59. The second kappa shape index (κ2) is 9.50. The quantitative estimate of drug-likeness (QED) is 0.786. The van der Waals surface area contributed by atoms with Crippen LogP contribution in [-0.2, 0) is 12.8 Å². The van der Waals surface area contributed by atoms with Crippen molar-refractivity contribution in [3.8, 4) is 0 Å². The molecule has 1 aliphatic rings. The predicted molar refractivity (Wildman–Crippen MR) is 102 cm³/mol. The maximum Gasteiger partial charge on any atom is 0.0859 e. The van der Waals surface area contributed by atoms with Crippen LogP contribution in [0.25, 0.3) is 0 Å². The number of benzene rings is 2. The summed E-state index contributed by atoms with van der Waals surface area (Å²) in [6.07, 6.45) is 5.23. The molecule has 0 saturated carbocycles. The highest BCUT2D eigenvalue weighted by molar-refractivity contribution is 7.99. The van der Waals surface area contributed by atoms with Gasteiger partial charge in [0.1, 0.15) is 0 Å². The summed E-state index contributed by atoms with van der Waals surface area (Å²) in [5.74, 6) is 1.19. The maximum atomic E-state index is 2.49. The van der Waals surface area contributed by atoms with E-state index in [0.29, 0.717) is 5.25 Å². The molecule has 1 unspecified atom stereocenters. The molecule has 1 aliphatic carbocycles. The van der Waals surface area contributed by atoms with Crippen molar-refractivity contribution in [1.29, 1.82) is 0 Å². The molecule has 24 heavy (non-hydrogen) atoms. The normalized spacial score (nSPS) is 14.8. The molecule has 0 bridgehead atoms. The van der Waals surface area contributed by atoms with E-state index in [0.717, 1.165) is 0 Å². The minimum atomic E-state index is 0. The Bertz CT molecular complexity index is 627. The Labute approximate surface area is 157 Å². The SMILES string of the molecule is C[NH+](C)CCSC(c1ccccc1)c1ccc2c(c1)CCCC2.[Cl-]. The van der Waals surface area contributed by atoms with Crippen LogP contribution in [0.2, 0.25) is 0 Å². The number of rotatable bonds is 6. The van der Waals surface area contributed by atoms with E-state index >= 15 is 0 Å². The molecule has 0 radical (unpaired) electrons. The maximum absolute atomic E-state index is 2.49. The molecular formula is C21H28ClNS. The molecule has 2 aromatic rings. The lowest BCUT2D eigenvalue weighted by Gasteiger charge is -2.22. The van der Waals surface area contributed by atoms with E-state index in [1.807, 2.05) is 0 Å². The first-order chi connectivity index (χ1) is 11.2. The molecule has 0 saturated heterocycles. The first-order valence-electron chi connectivity index (χ1n) is 8.81. The lowest BCUT2D eigenvalue weighted by Crippen LogP contribution is -3.06. The molecule has 0 amide bonds. The molecule has 3 rings (SSSR count). The van der Waals surface area contributed by atoms with Crippen molar-refractivity contribution in [1.82, 2.24) is 0 Å². The Morgan fingerprint density at radius 2 is 1.62 bits per heavy atom. The molecule has 0 aromatic heterocycles. The third-order valence-electron chi connectivity index (χ3n) is 4.66. The predicted octanol–water partition coefficient (Wildman–Crippen LogP) is 0.537. The Balaban J connectivity index is 0.00000208. The standard InChI is InChI=1S/C21H27NS.ClH/c1-22(2)14-15-23-21(18-9-4-3-5-10-18)20-13-12-17-8-6-7-11-19(17)16-20;/h3-5,9-10,12-13,16,21H,6-8,11,14-15H2,1-2H3;1H. The molecule has 0 spiro atoms. The number of fused-ring (bicyclic) bond motifs is 1. The van der Waals surface area contributed by atoms with E-state index in [2.05, 4.69) is 74.4 Å². The Morgan fingerprint density at radius 1 is 0.917 bits per heavy atom. The van der Waals surface area contributed by atoms with E-state index in [-0.39, 0.29) is 12.4 Å². The molecule has 0 heterocycles. The van der Waals surface area contributed by atoms with Crippen molar-refractivity contribution >= 4 is 11.8 Å². The van der Waals surface area contributed by atoms with Gasteiger partial charge in [-0.3, -0.25) is 0 Å². The van der Waals surface area contributed by atoms with Crippen LogP contribution in [0, 0.1) is 0 Å². The lowest BCUT2D eigenvalue weighted by atomic mass is 9.89. The van der Waals surface area contributed by atoms with Gasteiger partial charge in [-0.2, -0.15) is 0 Å². The van der Waals surface area contributed by atoms with Crippen molar-refractivity contribution in [3.63, 3.8) is 0 Å². The van der Waals surface area contributed by atoms with Crippen molar-refractivity contribution in [3.05, 3.63) is 70.8 Å². The number of hydrogen-bond acceptors (Lipinski definition) is 1. The van der Waals surface area contributed by atoms with Gasteiger partial charge >= 0.3 is 0 Å². The molecule has 130 valence electrons. The van der Waals surface area contributed by atoms with Crippen LogP contribution >= 0.6 is 11.8 Å². The van der Waals surface area contributed by atoms with Gasteiger partial charge in [0.05, 0.1) is 25.9 Å². The highest BCUT2D eigenvalue weighted by atomic mass is 35.5. The fraction of sp³-hybridized carbons (Fsp3) is 0.429. The van der Waals surface area contributed by atoms with Crippen LogP contribution in [0.1, 0.15) is 40.3 Å². The summed E-state index contributed by atoms with van der Waals surface area (Å²) >= 11 is 2.09. The summed E-state index contributed by atoms with van der Waals surface area (Å²) in [7, 11) is 4.47. The number of hydrogen-bond donors (Lipinski definition) is 1. The van der Waals surface area contributed by atoms with Crippen molar-refractivity contribution in [2.24, 2.45) is 0 Å². The number of quaternary nitrogens is 1. The molecule has 1 atom stereocenters. The van der Waals surface area contributed by atoms with Gasteiger partial charge in [0.2, 0.25) is 0 Å². The fourth-order valence-corrected chi connectivity index (χ4v) is 4.76. The molecular weight excluding hydrogens is 334 g/mol. The van der Waals surface area contributed by atoms with Crippen molar-refractivity contribution < 1.29 is 17.3 Å². The molecule has 1 nitrogen and oxygen atoms in total. The number of aryl methyl sites for hydroxylation is 2.